The smallest absolute Gasteiger partial charge is 0.410 e. The lowest BCUT2D eigenvalue weighted by atomic mass is 10.2. The maximum Gasteiger partial charge on any atom is 0.410 e. The van der Waals surface area contributed by atoms with Gasteiger partial charge in [-0.3, -0.25) is 9.88 Å². The molecule has 1 aromatic carbocycles. The molecule has 2 aromatic rings. The number of hydrogen-bond acceptors (Lipinski definition) is 4. The van der Waals surface area contributed by atoms with Crippen LogP contribution in [-0.4, -0.2) is 32.7 Å². The summed E-state index contributed by atoms with van der Waals surface area (Å²) in [6.45, 7) is 8.17. The Labute approximate surface area is 153 Å². The van der Waals surface area contributed by atoms with Crippen molar-refractivity contribution in [2.24, 2.45) is 0 Å². The maximum absolute atomic E-state index is 11.9. The minimum Gasteiger partial charge on any atom is -0.478 e. The van der Waals surface area contributed by atoms with Crippen molar-refractivity contribution in [1.82, 2.24) is 9.88 Å². The van der Waals surface area contributed by atoms with Gasteiger partial charge in [-0.15, -0.1) is 0 Å². The van der Waals surface area contributed by atoms with Crippen molar-refractivity contribution in [3.05, 3.63) is 65.0 Å². The number of aryl methyl sites for hydroxylation is 1. The summed E-state index contributed by atoms with van der Waals surface area (Å²) < 4.78 is 5.27. The second-order valence-corrected chi connectivity index (χ2v) is 7.13. The zero-order valence-corrected chi connectivity index (χ0v) is 15.5. The van der Waals surface area contributed by atoms with Gasteiger partial charge in [0.15, 0.2) is 0 Å². The SMILES string of the molecule is CC(C)(C)OC(=O)N1Cc2cc(C(=O)O)cnc2C1.Cc1ccccc1. The van der Waals surface area contributed by atoms with Crippen molar-refractivity contribution < 1.29 is 19.4 Å². The van der Waals surface area contributed by atoms with E-state index in [2.05, 4.69) is 24.0 Å². The number of benzene rings is 1. The van der Waals surface area contributed by atoms with Crippen molar-refractivity contribution in [3.8, 4) is 0 Å². The summed E-state index contributed by atoms with van der Waals surface area (Å²) in [6, 6.07) is 11.8. The zero-order valence-electron chi connectivity index (χ0n) is 15.5. The molecule has 1 aliphatic rings. The van der Waals surface area contributed by atoms with Gasteiger partial charge in [0.05, 0.1) is 24.3 Å². The highest BCUT2D eigenvalue weighted by atomic mass is 16.6. The van der Waals surface area contributed by atoms with Crippen LogP contribution in [0.5, 0.6) is 0 Å². The van der Waals surface area contributed by atoms with Crippen LogP contribution >= 0.6 is 0 Å². The third kappa shape index (κ3) is 5.58. The molecule has 0 atom stereocenters. The number of ether oxygens (including phenoxy) is 1. The Hall–Kier alpha value is -2.89. The van der Waals surface area contributed by atoms with Crippen LogP contribution in [0.4, 0.5) is 4.79 Å². The predicted molar refractivity (Wildman–Crippen MR) is 97.9 cm³/mol. The predicted octanol–water partition coefficient (Wildman–Crippen LogP) is 4.03. The normalized spacial score (nSPS) is 12.7. The third-order valence-corrected chi connectivity index (χ3v) is 3.60. The van der Waals surface area contributed by atoms with Gasteiger partial charge in [0.1, 0.15) is 5.60 Å². The molecule has 3 rings (SSSR count). The van der Waals surface area contributed by atoms with Gasteiger partial charge in [-0.2, -0.15) is 0 Å². The van der Waals surface area contributed by atoms with Crippen LogP contribution in [0, 0.1) is 6.92 Å². The highest BCUT2D eigenvalue weighted by molar-refractivity contribution is 5.87. The van der Waals surface area contributed by atoms with Crippen LogP contribution in [0.2, 0.25) is 0 Å². The Kier molecular flexibility index (Phi) is 5.97. The van der Waals surface area contributed by atoms with E-state index in [0.29, 0.717) is 13.1 Å². The summed E-state index contributed by atoms with van der Waals surface area (Å²) >= 11 is 0. The molecule has 0 bridgehead atoms. The first-order chi connectivity index (χ1) is 12.2. The van der Waals surface area contributed by atoms with Crippen LogP contribution in [-0.2, 0) is 17.8 Å². The molecule has 0 saturated carbocycles. The number of aromatic carboxylic acids is 1. The zero-order chi connectivity index (χ0) is 19.3. The molecule has 26 heavy (non-hydrogen) atoms. The molecule has 0 radical (unpaired) electrons. The van der Waals surface area contributed by atoms with Gasteiger partial charge in [0.25, 0.3) is 0 Å². The number of amides is 1. The van der Waals surface area contributed by atoms with Crippen LogP contribution < -0.4 is 0 Å². The number of fused-ring (bicyclic) bond motifs is 1. The molecule has 6 nitrogen and oxygen atoms in total. The minimum atomic E-state index is -1.02. The molecule has 0 aliphatic carbocycles. The van der Waals surface area contributed by atoms with E-state index in [1.807, 2.05) is 18.2 Å². The van der Waals surface area contributed by atoms with E-state index in [9.17, 15) is 9.59 Å². The summed E-state index contributed by atoms with van der Waals surface area (Å²) in [5, 5.41) is 8.90. The lowest BCUT2D eigenvalue weighted by Crippen LogP contribution is -2.33. The Bertz CT molecular complexity index is 782. The molecule has 1 amide bonds. The summed E-state index contributed by atoms with van der Waals surface area (Å²) in [6.07, 6.45) is 0.891. The molecule has 6 heteroatoms. The fourth-order valence-electron chi connectivity index (χ4n) is 2.37. The summed E-state index contributed by atoms with van der Waals surface area (Å²) in [5.41, 5.74) is 2.37. The van der Waals surface area contributed by atoms with Gasteiger partial charge >= 0.3 is 12.1 Å². The number of rotatable bonds is 1. The highest BCUT2D eigenvalue weighted by Crippen LogP contribution is 2.23. The molecule has 0 spiro atoms. The molecule has 138 valence electrons. The van der Waals surface area contributed by atoms with Crippen molar-refractivity contribution in [2.75, 3.05) is 0 Å². The number of carboxylic acid groups (broad SMARTS) is 1. The van der Waals surface area contributed by atoms with Crippen LogP contribution in [0.3, 0.4) is 0 Å². The van der Waals surface area contributed by atoms with Gasteiger partial charge in [-0.05, 0) is 39.3 Å². The second kappa shape index (κ2) is 7.99. The molecule has 1 aliphatic heterocycles. The third-order valence-electron chi connectivity index (χ3n) is 3.60. The average Bonchev–Trinajstić information content (AvgIpc) is 2.98. The Morgan fingerprint density at radius 3 is 2.31 bits per heavy atom. The summed E-state index contributed by atoms with van der Waals surface area (Å²) in [5.74, 6) is -1.02. The van der Waals surface area contributed by atoms with Gasteiger partial charge in [0.2, 0.25) is 0 Å². The van der Waals surface area contributed by atoms with E-state index in [1.165, 1.54) is 16.7 Å². The van der Waals surface area contributed by atoms with Gasteiger partial charge < -0.3 is 9.84 Å². The van der Waals surface area contributed by atoms with E-state index in [4.69, 9.17) is 9.84 Å². The Morgan fingerprint density at radius 2 is 1.81 bits per heavy atom. The van der Waals surface area contributed by atoms with Crippen molar-refractivity contribution in [3.63, 3.8) is 0 Å². The molecule has 1 aromatic heterocycles. The van der Waals surface area contributed by atoms with Crippen molar-refractivity contribution in [2.45, 2.75) is 46.4 Å². The number of carboxylic acids is 1. The van der Waals surface area contributed by atoms with E-state index < -0.39 is 17.7 Å². The van der Waals surface area contributed by atoms with Gasteiger partial charge in [-0.25, -0.2) is 9.59 Å². The first-order valence-electron chi connectivity index (χ1n) is 8.36. The average molecular weight is 356 g/mol. The van der Waals surface area contributed by atoms with Crippen molar-refractivity contribution >= 4 is 12.1 Å². The lowest BCUT2D eigenvalue weighted by molar-refractivity contribution is 0.0240. The van der Waals surface area contributed by atoms with E-state index >= 15 is 0 Å². The number of aromatic nitrogens is 1. The first kappa shape index (κ1) is 19.4. The molecular formula is C20H24N2O4. The maximum atomic E-state index is 11.9. The Morgan fingerprint density at radius 1 is 1.15 bits per heavy atom. The number of carbonyl (C=O) groups is 2. The molecule has 0 unspecified atom stereocenters. The molecule has 2 heterocycles. The number of hydrogen-bond donors (Lipinski definition) is 1. The second-order valence-electron chi connectivity index (χ2n) is 7.13. The minimum absolute atomic E-state index is 0.129. The summed E-state index contributed by atoms with van der Waals surface area (Å²) in [4.78, 5) is 28.4. The van der Waals surface area contributed by atoms with Crippen molar-refractivity contribution in [1.29, 1.82) is 0 Å². The fraction of sp³-hybridized carbons (Fsp3) is 0.350. The number of carbonyl (C=O) groups excluding carboxylic acids is 1. The lowest BCUT2D eigenvalue weighted by Gasteiger charge is -2.23. The first-order valence-corrected chi connectivity index (χ1v) is 8.36. The molecule has 1 N–H and O–H groups in total. The topological polar surface area (TPSA) is 79.7 Å². The molecular weight excluding hydrogens is 332 g/mol. The molecule has 0 fully saturated rings. The van der Waals surface area contributed by atoms with E-state index in [-0.39, 0.29) is 5.56 Å². The fourth-order valence-corrected chi connectivity index (χ4v) is 2.37. The van der Waals surface area contributed by atoms with Crippen LogP contribution in [0.15, 0.2) is 42.6 Å². The van der Waals surface area contributed by atoms with E-state index in [1.54, 1.807) is 26.8 Å². The highest BCUT2D eigenvalue weighted by Gasteiger charge is 2.29. The standard InChI is InChI=1S/C13H16N2O4.C7H8/c1-13(2,3)19-12(18)15-6-9-4-8(11(16)17)5-14-10(9)7-15;1-7-5-3-2-4-6-7/h4-5H,6-7H2,1-3H3,(H,16,17);2-6H,1H3. The monoisotopic (exact) mass is 356 g/mol. The van der Waals surface area contributed by atoms with Crippen LogP contribution in [0.25, 0.3) is 0 Å². The number of pyridine rings is 1. The van der Waals surface area contributed by atoms with E-state index in [0.717, 1.165) is 11.3 Å². The van der Waals surface area contributed by atoms with Crippen LogP contribution in [0.1, 0.15) is 48.0 Å². The van der Waals surface area contributed by atoms with Gasteiger partial charge in [-0.1, -0.05) is 35.9 Å². The van der Waals surface area contributed by atoms with Gasteiger partial charge in [0, 0.05) is 6.20 Å². The number of nitrogens with zero attached hydrogens (tertiary/aromatic N) is 2. The quantitative estimate of drug-likeness (QED) is 0.834. The Balaban J connectivity index is 0.000000290. The largest absolute Gasteiger partial charge is 0.478 e. The molecule has 0 saturated heterocycles. The summed E-state index contributed by atoms with van der Waals surface area (Å²) in [7, 11) is 0.